The molecule has 4 saturated carbocycles. The minimum atomic E-state index is -0.0157. The average Bonchev–Trinajstić information content (AvgIpc) is 2.91. The van der Waals surface area contributed by atoms with E-state index in [1.807, 2.05) is 6.92 Å². The SMILES string of the molecule is C[C@H](N)CON=C1CC[C@@]2(C)C(C1)[C@@H](C)C[C@@H]1[C@@H]2CC[C@]2(C)C(=O)CC[C@@H]12. The average molecular weight is 375 g/mol. The molecule has 4 fully saturated rings. The van der Waals surface area contributed by atoms with Crippen LogP contribution in [-0.4, -0.2) is 24.1 Å². The molecule has 0 bridgehead atoms. The van der Waals surface area contributed by atoms with Gasteiger partial charge in [-0.05, 0) is 86.9 Å². The number of oxime groups is 1. The normalized spacial score (nSPS) is 49.3. The van der Waals surface area contributed by atoms with E-state index < -0.39 is 0 Å². The molecule has 4 rings (SSSR count). The number of nitrogens with two attached hydrogens (primary N) is 1. The summed E-state index contributed by atoms with van der Waals surface area (Å²) < 4.78 is 0. The minimum Gasteiger partial charge on any atom is -0.394 e. The molecule has 152 valence electrons. The minimum absolute atomic E-state index is 0.0157. The number of ketones is 1. The molecule has 8 atom stereocenters. The molecule has 0 amide bonds. The van der Waals surface area contributed by atoms with Crippen molar-refractivity contribution in [3.63, 3.8) is 0 Å². The summed E-state index contributed by atoms with van der Waals surface area (Å²) in [5.74, 6) is 4.12. The molecular weight excluding hydrogens is 336 g/mol. The summed E-state index contributed by atoms with van der Waals surface area (Å²) in [7, 11) is 0. The Hall–Kier alpha value is -0.900. The van der Waals surface area contributed by atoms with Gasteiger partial charge in [-0.15, -0.1) is 0 Å². The predicted molar refractivity (Wildman–Crippen MR) is 108 cm³/mol. The van der Waals surface area contributed by atoms with Crippen LogP contribution in [0.5, 0.6) is 0 Å². The summed E-state index contributed by atoms with van der Waals surface area (Å²) >= 11 is 0. The number of rotatable bonds is 3. The van der Waals surface area contributed by atoms with Crippen LogP contribution in [0, 0.1) is 40.4 Å². The molecule has 4 nitrogen and oxygen atoms in total. The van der Waals surface area contributed by atoms with Gasteiger partial charge in [-0.1, -0.05) is 25.9 Å². The Morgan fingerprint density at radius 1 is 1.19 bits per heavy atom. The zero-order valence-electron chi connectivity index (χ0n) is 17.7. The highest BCUT2D eigenvalue weighted by atomic mass is 16.6. The number of Topliss-reactive ketones (excluding diaryl/α,β-unsaturated/α-hetero) is 1. The van der Waals surface area contributed by atoms with Crippen molar-refractivity contribution in [1.29, 1.82) is 0 Å². The summed E-state index contributed by atoms with van der Waals surface area (Å²) in [6.45, 7) is 9.74. The highest BCUT2D eigenvalue weighted by Crippen LogP contribution is 2.66. The summed E-state index contributed by atoms with van der Waals surface area (Å²) in [5, 5.41) is 4.45. The van der Waals surface area contributed by atoms with Crippen LogP contribution in [0.15, 0.2) is 5.16 Å². The van der Waals surface area contributed by atoms with E-state index in [1.165, 1.54) is 25.0 Å². The lowest BCUT2D eigenvalue weighted by Gasteiger charge is -2.61. The highest BCUT2D eigenvalue weighted by Gasteiger charge is 2.61. The Labute approximate surface area is 164 Å². The van der Waals surface area contributed by atoms with E-state index >= 15 is 0 Å². The van der Waals surface area contributed by atoms with Gasteiger partial charge in [0.05, 0.1) is 5.71 Å². The van der Waals surface area contributed by atoms with Gasteiger partial charge in [-0.25, -0.2) is 0 Å². The maximum absolute atomic E-state index is 12.6. The summed E-state index contributed by atoms with van der Waals surface area (Å²) in [4.78, 5) is 18.1. The van der Waals surface area contributed by atoms with E-state index in [0.717, 1.165) is 43.9 Å². The van der Waals surface area contributed by atoms with Crippen LogP contribution >= 0.6 is 0 Å². The van der Waals surface area contributed by atoms with Crippen molar-refractivity contribution in [2.24, 2.45) is 51.3 Å². The van der Waals surface area contributed by atoms with Crippen LogP contribution in [0.2, 0.25) is 0 Å². The van der Waals surface area contributed by atoms with Gasteiger partial charge < -0.3 is 10.6 Å². The molecule has 1 unspecified atom stereocenters. The van der Waals surface area contributed by atoms with Crippen LogP contribution < -0.4 is 5.73 Å². The molecule has 0 heterocycles. The fourth-order valence-corrected chi connectivity index (χ4v) is 7.63. The van der Waals surface area contributed by atoms with Crippen molar-refractivity contribution in [3.8, 4) is 0 Å². The molecule has 0 saturated heterocycles. The third-order valence-electron chi connectivity index (χ3n) is 9.11. The quantitative estimate of drug-likeness (QED) is 0.736. The topological polar surface area (TPSA) is 64.7 Å². The Morgan fingerprint density at radius 3 is 2.70 bits per heavy atom. The standard InChI is InChI=1S/C23H38N2O2/c1-14-11-17-18-5-6-21(26)23(18,4)10-8-19(17)22(3)9-7-16(12-20(14)22)25-27-13-15(2)24/h14-15,17-20H,5-13,24H2,1-4H3/t14-,15-,17-,18-,19-,20?,22+,23-/m0/s1. The van der Waals surface area contributed by atoms with Crippen molar-refractivity contribution in [3.05, 3.63) is 0 Å². The molecule has 2 N–H and O–H groups in total. The highest BCUT2D eigenvalue weighted by molar-refractivity contribution is 5.87. The third-order valence-corrected chi connectivity index (χ3v) is 9.11. The second-order valence-electron chi connectivity index (χ2n) is 10.8. The van der Waals surface area contributed by atoms with E-state index in [2.05, 4.69) is 25.9 Å². The molecule has 0 aromatic carbocycles. The number of fused-ring (bicyclic) bond motifs is 5. The van der Waals surface area contributed by atoms with Gasteiger partial charge >= 0.3 is 0 Å². The summed E-state index contributed by atoms with van der Waals surface area (Å²) in [6, 6.07) is 0.0308. The van der Waals surface area contributed by atoms with Crippen LogP contribution in [0.3, 0.4) is 0 Å². The predicted octanol–water partition coefficient (Wildman–Crippen LogP) is 4.56. The van der Waals surface area contributed by atoms with Gasteiger partial charge in [0.15, 0.2) is 0 Å². The molecule has 4 aliphatic carbocycles. The lowest BCUT2D eigenvalue weighted by molar-refractivity contribution is -0.141. The molecule has 4 aliphatic rings. The smallest absolute Gasteiger partial charge is 0.139 e. The molecule has 0 aromatic heterocycles. The molecular formula is C23H38N2O2. The second kappa shape index (κ2) is 6.86. The van der Waals surface area contributed by atoms with Crippen LogP contribution in [0.25, 0.3) is 0 Å². The zero-order chi connectivity index (χ0) is 19.4. The Balaban J connectivity index is 1.53. The van der Waals surface area contributed by atoms with Gasteiger partial charge in [0, 0.05) is 17.9 Å². The largest absolute Gasteiger partial charge is 0.394 e. The number of carbonyl (C=O) groups excluding carboxylic acids is 1. The van der Waals surface area contributed by atoms with Gasteiger partial charge in [-0.2, -0.15) is 0 Å². The van der Waals surface area contributed by atoms with Gasteiger partial charge in [0.25, 0.3) is 0 Å². The van der Waals surface area contributed by atoms with E-state index in [0.29, 0.717) is 35.6 Å². The molecule has 0 aliphatic heterocycles. The van der Waals surface area contributed by atoms with Crippen molar-refractivity contribution >= 4 is 11.5 Å². The number of carbonyl (C=O) groups is 1. The Kier molecular flexibility index (Phi) is 4.93. The van der Waals surface area contributed by atoms with E-state index in [4.69, 9.17) is 10.6 Å². The van der Waals surface area contributed by atoms with Gasteiger partial charge in [0.2, 0.25) is 0 Å². The molecule has 0 aromatic rings. The zero-order valence-corrected chi connectivity index (χ0v) is 17.7. The number of nitrogens with zero attached hydrogens (tertiary/aromatic N) is 1. The fraction of sp³-hybridized carbons (Fsp3) is 0.913. The van der Waals surface area contributed by atoms with Crippen molar-refractivity contribution in [2.45, 2.75) is 85.1 Å². The lowest BCUT2D eigenvalue weighted by Crippen LogP contribution is -2.56. The van der Waals surface area contributed by atoms with Crippen LogP contribution in [-0.2, 0) is 9.63 Å². The van der Waals surface area contributed by atoms with E-state index in [-0.39, 0.29) is 11.5 Å². The van der Waals surface area contributed by atoms with Crippen LogP contribution in [0.4, 0.5) is 0 Å². The van der Waals surface area contributed by atoms with E-state index in [9.17, 15) is 4.79 Å². The second-order valence-corrected chi connectivity index (χ2v) is 10.8. The fourth-order valence-electron chi connectivity index (χ4n) is 7.63. The lowest BCUT2D eigenvalue weighted by atomic mass is 9.43. The maximum Gasteiger partial charge on any atom is 0.139 e. The monoisotopic (exact) mass is 374 g/mol. The Morgan fingerprint density at radius 2 is 1.96 bits per heavy atom. The number of hydrogen-bond donors (Lipinski definition) is 1. The molecule has 0 radical (unpaired) electrons. The first-order chi connectivity index (χ1) is 12.8. The first-order valence-corrected chi connectivity index (χ1v) is 11.2. The molecule has 0 spiro atoms. The van der Waals surface area contributed by atoms with Crippen LogP contribution in [0.1, 0.15) is 79.1 Å². The van der Waals surface area contributed by atoms with Crippen molar-refractivity contribution < 1.29 is 9.63 Å². The summed E-state index contributed by atoms with van der Waals surface area (Å²) in [5.41, 5.74) is 7.39. The maximum atomic E-state index is 12.6. The Bertz CT molecular complexity index is 630. The molecule has 27 heavy (non-hydrogen) atoms. The third kappa shape index (κ3) is 3.07. The van der Waals surface area contributed by atoms with Crippen molar-refractivity contribution in [2.75, 3.05) is 6.61 Å². The first-order valence-electron chi connectivity index (χ1n) is 11.2. The summed E-state index contributed by atoms with van der Waals surface area (Å²) in [6.07, 6.45) is 8.99. The number of hydrogen-bond acceptors (Lipinski definition) is 4. The van der Waals surface area contributed by atoms with Gasteiger partial charge in [-0.3, -0.25) is 4.79 Å². The van der Waals surface area contributed by atoms with Crippen molar-refractivity contribution in [1.82, 2.24) is 0 Å². The van der Waals surface area contributed by atoms with E-state index in [1.54, 1.807) is 0 Å². The first kappa shape index (κ1) is 19.4. The molecule has 4 heteroatoms. The van der Waals surface area contributed by atoms with Gasteiger partial charge in [0.1, 0.15) is 12.4 Å².